The van der Waals surface area contributed by atoms with Gasteiger partial charge in [-0.3, -0.25) is 4.79 Å². The lowest BCUT2D eigenvalue weighted by Gasteiger charge is -2.29. The number of carboxylic acid groups (broad SMARTS) is 1. The topological polar surface area (TPSA) is 118 Å². The number of anilines is 1. The number of carbonyl (C=O) groups is 2. The van der Waals surface area contributed by atoms with Crippen LogP contribution in [-0.2, 0) is 20.7 Å². The van der Waals surface area contributed by atoms with Gasteiger partial charge in [0, 0.05) is 24.2 Å². The molecular weight excluding hydrogens is 476 g/mol. The number of amides is 1. The van der Waals surface area contributed by atoms with Crippen molar-refractivity contribution in [3.63, 3.8) is 0 Å². The minimum Gasteiger partial charge on any atom is -0.492 e. The molecule has 0 radical (unpaired) electrons. The molecular formula is C28H28N2O7. The summed E-state index contributed by atoms with van der Waals surface area (Å²) in [6.45, 7) is 2.51. The third kappa shape index (κ3) is 6.25. The molecule has 192 valence electrons. The minimum absolute atomic E-state index is 0.0781. The molecule has 0 aromatic heterocycles. The molecule has 3 aromatic carbocycles. The molecule has 4 rings (SSSR count). The van der Waals surface area contributed by atoms with E-state index in [2.05, 4.69) is 5.16 Å². The number of oxime groups is 1. The smallest absolute Gasteiger partial charge is 0.333 e. The molecule has 0 saturated heterocycles. The van der Waals surface area contributed by atoms with E-state index in [-0.39, 0.29) is 32.1 Å². The number of nitrogens with zero attached hydrogens (tertiary/aromatic N) is 2. The summed E-state index contributed by atoms with van der Waals surface area (Å²) < 4.78 is 16.7. The maximum absolute atomic E-state index is 12.7. The fraction of sp³-hybridized carbons (Fsp3) is 0.250. The van der Waals surface area contributed by atoms with Crippen molar-refractivity contribution in [1.29, 1.82) is 0 Å². The highest BCUT2D eigenvalue weighted by molar-refractivity contribution is 6.13. The van der Waals surface area contributed by atoms with Gasteiger partial charge < -0.3 is 29.4 Å². The van der Waals surface area contributed by atoms with Gasteiger partial charge in [-0.1, -0.05) is 47.6 Å². The largest absolute Gasteiger partial charge is 0.492 e. The van der Waals surface area contributed by atoms with Gasteiger partial charge in [-0.05, 0) is 42.8 Å². The molecule has 2 N–H and O–H groups in total. The lowest BCUT2D eigenvalue weighted by Crippen LogP contribution is -2.41. The zero-order valence-corrected chi connectivity index (χ0v) is 20.4. The Bertz CT molecular complexity index is 1260. The molecule has 37 heavy (non-hydrogen) atoms. The van der Waals surface area contributed by atoms with Crippen molar-refractivity contribution >= 4 is 23.3 Å². The molecule has 0 saturated carbocycles. The van der Waals surface area contributed by atoms with Gasteiger partial charge in [0.1, 0.15) is 23.8 Å². The van der Waals surface area contributed by atoms with Gasteiger partial charge in [0.25, 0.3) is 5.91 Å². The van der Waals surface area contributed by atoms with Gasteiger partial charge >= 0.3 is 5.97 Å². The molecule has 9 heteroatoms. The van der Waals surface area contributed by atoms with E-state index < -0.39 is 12.1 Å². The van der Waals surface area contributed by atoms with Crippen molar-refractivity contribution in [2.24, 2.45) is 5.16 Å². The molecule has 0 spiro atoms. The number of fused-ring (bicyclic) bond motifs is 1. The molecule has 1 amide bonds. The average molecular weight is 505 g/mol. The number of rotatable bonds is 11. The van der Waals surface area contributed by atoms with Gasteiger partial charge in [0.15, 0.2) is 12.7 Å². The number of hydrogen-bond acceptors (Lipinski definition) is 7. The Morgan fingerprint density at radius 1 is 1.08 bits per heavy atom. The second kappa shape index (κ2) is 12.0. The Hall–Kier alpha value is -4.37. The Morgan fingerprint density at radius 3 is 2.51 bits per heavy atom. The van der Waals surface area contributed by atoms with E-state index in [4.69, 9.17) is 14.2 Å². The van der Waals surface area contributed by atoms with Crippen LogP contribution in [0.2, 0.25) is 0 Å². The monoisotopic (exact) mass is 504 g/mol. The molecule has 9 nitrogen and oxygen atoms in total. The van der Waals surface area contributed by atoms with Crippen molar-refractivity contribution in [1.82, 2.24) is 0 Å². The molecule has 1 aliphatic rings. The van der Waals surface area contributed by atoms with Crippen molar-refractivity contribution in [3.05, 3.63) is 89.5 Å². The first-order chi connectivity index (χ1) is 18.0. The molecule has 0 bridgehead atoms. The van der Waals surface area contributed by atoms with E-state index in [0.717, 1.165) is 11.1 Å². The Balaban J connectivity index is 1.43. The van der Waals surface area contributed by atoms with Crippen LogP contribution in [0.4, 0.5) is 5.69 Å². The number of hydrogen-bond donors (Lipinski definition) is 2. The van der Waals surface area contributed by atoms with Crippen molar-refractivity contribution < 1.29 is 34.1 Å². The zero-order chi connectivity index (χ0) is 26.2. The fourth-order valence-electron chi connectivity index (χ4n) is 4.08. The van der Waals surface area contributed by atoms with E-state index in [9.17, 15) is 19.9 Å². The first-order valence-electron chi connectivity index (χ1n) is 11.9. The molecule has 3 aromatic rings. The van der Waals surface area contributed by atoms with E-state index in [1.165, 1.54) is 0 Å². The Labute approximate surface area is 214 Å². The number of carboxylic acids is 1. The van der Waals surface area contributed by atoms with Crippen LogP contribution in [0.5, 0.6) is 11.5 Å². The zero-order valence-electron chi connectivity index (χ0n) is 20.4. The van der Waals surface area contributed by atoms with Crippen LogP contribution in [0.25, 0.3) is 0 Å². The summed E-state index contributed by atoms with van der Waals surface area (Å²) in [5.74, 6) is -0.0517. The maximum Gasteiger partial charge on any atom is 0.333 e. The summed E-state index contributed by atoms with van der Waals surface area (Å²) in [4.78, 5) is 25.6. The third-order valence-electron chi connectivity index (χ3n) is 5.89. The van der Waals surface area contributed by atoms with Crippen LogP contribution in [0.1, 0.15) is 23.6 Å². The van der Waals surface area contributed by atoms with Crippen LogP contribution in [-0.4, -0.2) is 60.4 Å². The Kier molecular flexibility index (Phi) is 8.37. The second-order valence-corrected chi connectivity index (χ2v) is 8.31. The van der Waals surface area contributed by atoms with E-state index >= 15 is 0 Å². The van der Waals surface area contributed by atoms with Crippen LogP contribution in [0.3, 0.4) is 0 Å². The average Bonchev–Trinajstić information content (AvgIpc) is 2.91. The molecule has 0 fully saturated rings. The first kappa shape index (κ1) is 25.7. The standard InChI is InChI=1S/C28H28N2O7/c1-2-35-25(28(32)33)16-19-8-11-22(12-9-19)36-15-14-30-23-17-21(10-13-24(23)37-18-26(30)31)27(29-34)20-6-4-3-5-7-20/h3-13,17,25,34H,2,14-16,18H2,1H3,(H,32,33). The summed E-state index contributed by atoms with van der Waals surface area (Å²) in [6, 6.07) is 21.7. The predicted molar refractivity (Wildman–Crippen MR) is 137 cm³/mol. The molecule has 1 aliphatic heterocycles. The lowest BCUT2D eigenvalue weighted by atomic mass is 10.0. The normalized spacial score (nSPS) is 14.0. The van der Waals surface area contributed by atoms with Gasteiger partial charge in [-0.15, -0.1) is 0 Å². The Morgan fingerprint density at radius 2 is 1.84 bits per heavy atom. The fourth-order valence-corrected chi connectivity index (χ4v) is 4.08. The number of benzene rings is 3. The van der Waals surface area contributed by atoms with E-state index in [1.807, 2.05) is 30.3 Å². The number of aliphatic carboxylic acids is 1. The highest BCUT2D eigenvalue weighted by Gasteiger charge is 2.26. The van der Waals surface area contributed by atoms with Gasteiger partial charge in [-0.2, -0.15) is 0 Å². The quantitative estimate of drug-likeness (QED) is 0.232. The summed E-state index contributed by atoms with van der Waals surface area (Å²) in [6.07, 6.45) is -0.639. The summed E-state index contributed by atoms with van der Waals surface area (Å²) in [5, 5.41) is 22.4. The maximum atomic E-state index is 12.7. The lowest BCUT2D eigenvalue weighted by molar-refractivity contribution is -0.149. The highest BCUT2D eigenvalue weighted by Crippen LogP contribution is 2.33. The summed E-state index contributed by atoms with van der Waals surface area (Å²) in [5.41, 5.74) is 3.15. The van der Waals surface area contributed by atoms with Gasteiger partial charge in [-0.25, -0.2) is 4.79 Å². The molecule has 1 unspecified atom stereocenters. The van der Waals surface area contributed by atoms with E-state index in [1.54, 1.807) is 54.3 Å². The SMILES string of the molecule is CCOC(Cc1ccc(OCCN2C(=O)COc3ccc(C(=NO)c4ccccc4)cc32)cc1)C(=O)O. The van der Waals surface area contributed by atoms with E-state index in [0.29, 0.717) is 35.1 Å². The molecule has 1 atom stereocenters. The minimum atomic E-state index is -0.998. The van der Waals surface area contributed by atoms with Crippen LogP contribution in [0, 0.1) is 0 Å². The van der Waals surface area contributed by atoms with Gasteiger partial charge in [0.2, 0.25) is 0 Å². The predicted octanol–water partition coefficient (Wildman–Crippen LogP) is 3.75. The molecule has 1 heterocycles. The van der Waals surface area contributed by atoms with Crippen LogP contribution < -0.4 is 14.4 Å². The van der Waals surface area contributed by atoms with Crippen LogP contribution >= 0.6 is 0 Å². The van der Waals surface area contributed by atoms with Gasteiger partial charge in [0.05, 0.1) is 12.2 Å². The molecule has 0 aliphatic carbocycles. The number of carbonyl (C=O) groups excluding carboxylic acids is 1. The van der Waals surface area contributed by atoms with Crippen LogP contribution in [0.15, 0.2) is 78.0 Å². The number of ether oxygens (including phenoxy) is 3. The highest BCUT2D eigenvalue weighted by atomic mass is 16.5. The van der Waals surface area contributed by atoms with Crippen molar-refractivity contribution in [2.75, 3.05) is 31.3 Å². The van der Waals surface area contributed by atoms with Crippen molar-refractivity contribution in [2.45, 2.75) is 19.4 Å². The van der Waals surface area contributed by atoms with Crippen molar-refractivity contribution in [3.8, 4) is 11.5 Å². The summed E-state index contributed by atoms with van der Waals surface area (Å²) in [7, 11) is 0. The first-order valence-corrected chi connectivity index (χ1v) is 11.9. The summed E-state index contributed by atoms with van der Waals surface area (Å²) >= 11 is 0. The second-order valence-electron chi connectivity index (χ2n) is 8.31. The third-order valence-corrected chi connectivity index (χ3v) is 5.89.